The maximum Gasteiger partial charge on any atom is 0.320 e. The highest BCUT2D eigenvalue weighted by Crippen LogP contribution is 2.28. The molecule has 2 heterocycles. The van der Waals surface area contributed by atoms with Crippen LogP contribution in [0.3, 0.4) is 0 Å². The normalized spacial score (nSPS) is 17.7. The average molecular weight is 490 g/mol. The molecule has 1 saturated carbocycles. The second-order valence-electron chi connectivity index (χ2n) is 7.89. The molecule has 1 aliphatic carbocycles. The maximum absolute atomic E-state index is 13.6. The van der Waals surface area contributed by atoms with Crippen molar-refractivity contribution in [1.29, 1.82) is 0 Å². The molecule has 0 unspecified atom stereocenters. The molecule has 1 amide bonds. The van der Waals surface area contributed by atoms with Gasteiger partial charge in [-0.15, -0.1) is 5.10 Å². The number of nitrogens with one attached hydrogen (secondary N) is 2. The van der Waals surface area contributed by atoms with Crippen LogP contribution in [0.5, 0.6) is 5.88 Å². The molecule has 0 atom stereocenters. The number of carbonyl (C=O) groups is 2. The highest BCUT2D eigenvalue weighted by Gasteiger charge is 2.27. The molecule has 0 saturated heterocycles. The Morgan fingerprint density at radius 2 is 1.97 bits per heavy atom. The summed E-state index contributed by atoms with van der Waals surface area (Å²) in [4.78, 5) is 27.8. The van der Waals surface area contributed by atoms with Crippen LogP contribution in [0.2, 0.25) is 5.02 Å². The van der Waals surface area contributed by atoms with Gasteiger partial charge in [0.15, 0.2) is 0 Å². The van der Waals surface area contributed by atoms with Crippen molar-refractivity contribution in [2.45, 2.75) is 38.7 Å². The van der Waals surface area contributed by atoms with Gasteiger partial charge in [0.05, 0.1) is 22.8 Å². The van der Waals surface area contributed by atoms with Gasteiger partial charge in [0.25, 0.3) is 0 Å². The fraction of sp³-hybridized carbons (Fsp3) is 0.318. The van der Waals surface area contributed by atoms with Gasteiger partial charge in [0.2, 0.25) is 5.88 Å². The summed E-state index contributed by atoms with van der Waals surface area (Å²) in [6.07, 6.45) is 3.79. The Balaban J connectivity index is 1.34. The number of hydrogen-bond donors (Lipinski definition) is 3. The van der Waals surface area contributed by atoms with Crippen molar-refractivity contribution in [3.63, 3.8) is 0 Å². The second kappa shape index (κ2) is 10.0. The number of aromatic nitrogens is 3. The molecule has 3 N–H and O–H groups in total. The first-order chi connectivity index (χ1) is 16.3. The number of nitrogens with zero attached hydrogens (tertiary/aromatic N) is 3. The molecule has 10 nitrogen and oxygen atoms in total. The molecule has 1 aliphatic rings. The Kier molecular flexibility index (Phi) is 6.92. The first kappa shape index (κ1) is 23.4. The summed E-state index contributed by atoms with van der Waals surface area (Å²) >= 11 is 5.65. The molecule has 0 radical (unpaired) electrons. The second-order valence-corrected chi connectivity index (χ2v) is 8.29. The van der Waals surface area contributed by atoms with Crippen LogP contribution >= 0.6 is 11.6 Å². The van der Waals surface area contributed by atoms with Gasteiger partial charge in [-0.05, 0) is 56.4 Å². The fourth-order valence-electron chi connectivity index (χ4n) is 3.56. The van der Waals surface area contributed by atoms with Crippen LogP contribution in [0.25, 0.3) is 0 Å². The number of carboxylic acid groups (broad SMARTS) is 1. The minimum atomic E-state index is -0.768. The zero-order chi connectivity index (χ0) is 24.2. The summed E-state index contributed by atoms with van der Waals surface area (Å²) < 4.78 is 24.7. The summed E-state index contributed by atoms with van der Waals surface area (Å²) in [5.74, 6) is -2.25. The highest BCUT2D eigenvalue weighted by molar-refractivity contribution is 6.30. The third-order valence-corrected chi connectivity index (χ3v) is 5.74. The van der Waals surface area contributed by atoms with E-state index < -0.39 is 17.7 Å². The van der Waals surface area contributed by atoms with Gasteiger partial charge in [-0.1, -0.05) is 16.7 Å². The smallest absolute Gasteiger partial charge is 0.320 e. The monoisotopic (exact) mass is 489 g/mol. The van der Waals surface area contributed by atoms with Crippen molar-refractivity contribution in [3.05, 3.63) is 52.8 Å². The Morgan fingerprint density at radius 3 is 2.65 bits per heavy atom. The van der Waals surface area contributed by atoms with E-state index in [1.165, 1.54) is 18.3 Å². The molecular formula is C22H21ClFN5O5. The zero-order valence-corrected chi connectivity index (χ0v) is 18.8. The zero-order valence-electron chi connectivity index (χ0n) is 18.0. The SMILES string of the molecule is Cc1cc(O[C@H]2CC[C@H](C(=O)O)CC2)ncc1NC(=O)c1nnc(Nc2ccc(Cl)c(F)c2)o1. The molecular weight excluding hydrogens is 469 g/mol. The first-order valence-electron chi connectivity index (χ1n) is 10.5. The van der Waals surface area contributed by atoms with E-state index in [-0.39, 0.29) is 28.9 Å². The van der Waals surface area contributed by atoms with E-state index in [1.54, 1.807) is 13.0 Å². The molecule has 0 spiro atoms. The van der Waals surface area contributed by atoms with Gasteiger partial charge in [-0.3, -0.25) is 9.59 Å². The Hall–Kier alpha value is -3.73. The number of aliphatic carboxylic acids is 1. The number of carbonyl (C=O) groups excluding carboxylic acids is 1. The lowest BCUT2D eigenvalue weighted by Gasteiger charge is -2.26. The predicted molar refractivity (Wildman–Crippen MR) is 120 cm³/mol. The molecule has 2 aromatic heterocycles. The number of aryl methyl sites for hydroxylation is 1. The first-order valence-corrected chi connectivity index (χ1v) is 10.9. The Morgan fingerprint density at radius 1 is 1.21 bits per heavy atom. The number of rotatable bonds is 7. The van der Waals surface area contributed by atoms with Crippen LogP contribution in [0.1, 0.15) is 41.9 Å². The lowest BCUT2D eigenvalue weighted by atomic mass is 9.87. The summed E-state index contributed by atoms with van der Waals surface area (Å²) in [6, 6.07) is 5.64. The van der Waals surface area contributed by atoms with Gasteiger partial charge >= 0.3 is 23.8 Å². The lowest BCUT2D eigenvalue weighted by molar-refractivity contribution is -0.143. The number of pyridine rings is 1. The number of carboxylic acids is 1. The van der Waals surface area contributed by atoms with Gasteiger partial charge in [-0.25, -0.2) is 9.37 Å². The van der Waals surface area contributed by atoms with E-state index in [1.807, 2.05) is 0 Å². The maximum atomic E-state index is 13.6. The Bertz CT molecular complexity index is 1210. The van der Waals surface area contributed by atoms with Gasteiger partial charge in [0, 0.05) is 11.8 Å². The number of benzene rings is 1. The molecule has 0 bridgehead atoms. The van der Waals surface area contributed by atoms with Crippen molar-refractivity contribution < 1.29 is 28.2 Å². The van der Waals surface area contributed by atoms with Crippen molar-refractivity contribution in [2.75, 3.05) is 10.6 Å². The van der Waals surface area contributed by atoms with Gasteiger partial charge in [0.1, 0.15) is 11.9 Å². The van der Waals surface area contributed by atoms with Crippen molar-refractivity contribution in [1.82, 2.24) is 15.2 Å². The molecule has 0 aliphatic heterocycles. The molecule has 178 valence electrons. The third-order valence-electron chi connectivity index (χ3n) is 5.43. The summed E-state index contributed by atoms with van der Waals surface area (Å²) in [7, 11) is 0. The van der Waals surface area contributed by atoms with E-state index in [9.17, 15) is 14.0 Å². The number of anilines is 3. The topological polar surface area (TPSA) is 139 Å². The van der Waals surface area contributed by atoms with Crippen molar-refractivity contribution in [2.24, 2.45) is 5.92 Å². The minimum Gasteiger partial charge on any atom is -0.481 e. The van der Waals surface area contributed by atoms with E-state index in [4.69, 9.17) is 25.9 Å². The molecule has 1 aromatic carbocycles. The average Bonchev–Trinajstić information content (AvgIpc) is 3.27. The standard InChI is InChI=1S/C22H21ClFN5O5/c1-11-8-18(33-14-5-2-12(3-6-14)21(31)32)25-10-17(11)27-19(30)20-28-29-22(34-20)26-13-4-7-15(23)16(24)9-13/h4,7-10,12,14H,2-3,5-6H2,1H3,(H,26,29)(H,27,30)(H,31,32)/t12-,14-. The lowest BCUT2D eigenvalue weighted by Crippen LogP contribution is -2.28. The minimum absolute atomic E-state index is 0.0258. The fourth-order valence-corrected chi connectivity index (χ4v) is 3.68. The quantitative estimate of drug-likeness (QED) is 0.434. The molecule has 34 heavy (non-hydrogen) atoms. The number of amides is 1. The van der Waals surface area contributed by atoms with Gasteiger partial charge in [-0.2, -0.15) is 0 Å². The number of hydrogen-bond acceptors (Lipinski definition) is 8. The third kappa shape index (κ3) is 5.60. The number of ether oxygens (including phenoxy) is 1. The molecule has 3 aromatic rings. The van der Waals surface area contributed by atoms with E-state index >= 15 is 0 Å². The molecule has 4 rings (SSSR count). The highest BCUT2D eigenvalue weighted by atomic mass is 35.5. The predicted octanol–water partition coefficient (Wildman–Crippen LogP) is 4.58. The largest absolute Gasteiger partial charge is 0.481 e. The van der Waals surface area contributed by atoms with E-state index in [0.29, 0.717) is 48.5 Å². The van der Waals surface area contributed by atoms with E-state index in [0.717, 1.165) is 6.07 Å². The molecule has 1 fully saturated rings. The van der Waals surface area contributed by atoms with E-state index in [2.05, 4.69) is 25.8 Å². The van der Waals surface area contributed by atoms with Crippen LogP contribution in [-0.4, -0.2) is 38.3 Å². The van der Waals surface area contributed by atoms with Crippen molar-refractivity contribution in [3.8, 4) is 5.88 Å². The van der Waals surface area contributed by atoms with Crippen LogP contribution in [-0.2, 0) is 4.79 Å². The Labute approximate surface area is 198 Å². The molecule has 12 heteroatoms. The summed E-state index contributed by atoms with van der Waals surface area (Å²) in [5, 5.41) is 21.8. The van der Waals surface area contributed by atoms with Crippen LogP contribution in [0.4, 0.5) is 21.8 Å². The van der Waals surface area contributed by atoms with Crippen LogP contribution < -0.4 is 15.4 Å². The van der Waals surface area contributed by atoms with Crippen molar-refractivity contribution >= 4 is 40.9 Å². The van der Waals surface area contributed by atoms with Crippen LogP contribution in [0.15, 0.2) is 34.9 Å². The van der Waals surface area contributed by atoms with Gasteiger partial charge < -0.3 is 24.9 Å². The summed E-state index contributed by atoms with van der Waals surface area (Å²) in [6.45, 7) is 1.78. The summed E-state index contributed by atoms with van der Waals surface area (Å²) in [5.41, 5.74) is 1.45. The number of halogens is 2. The van der Waals surface area contributed by atoms with Crippen LogP contribution in [0, 0.1) is 18.7 Å².